The highest BCUT2D eigenvalue weighted by molar-refractivity contribution is 5.93. The van der Waals surface area contributed by atoms with E-state index in [0.717, 1.165) is 51.0 Å². The lowest BCUT2D eigenvalue weighted by atomic mass is 9.95. The maximum atomic E-state index is 13.3. The van der Waals surface area contributed by atoms with Gasteiger partial charge in [-0.05, 0) is 62.0 Å². The minimum Gasteiger partial charge on any atom is -0.341 e. The highest BCUT2D eigenvalue weighted by Gasteiger charge is 2.22. The summed E-state index contributed by atoms with van der Waals surface area (Å²) in [6.45, 7) is 3.66. The number of benzene rings is 1. The van der Waals surface area contributed by atoms with Gasteiger partial charge in [0.25, 0.3) is 5.91 Å². The van der Waals surface area contributed by atoms with Gasteiger partial charge in [0.2, 0.25) is 5.56 Å². The Morgan fingerprint density at radius 2 is 1.96 bits per heavy atom. The van der Waals surface area contributed by atoms with E-state index in [1.54, 1.807) is 36.3 Å². The van der Waals surface area contributed by atoms with Crippen LogP contribution in [0.1, 0.15) is 28.8 Å². The zero-order chi connectivity index (χ0) is 20.1. The summed E-state index contributed by atoms with van der Waals surface area (Å²) < 4.78 is 14.7. The summed E-state index contributed by atoms with van der Waals surface area (Å²) >= 11 is 0. The molecule has 2 heterocycles. The van der Waals surface area contributed by atoms with Crippen LogP contribution in [0.5, 0.6) is 0 Å². The smallest absolute Gasteiger partial charge is 0.255 e. The van der Waals surface area contributed by atoms with Crippen molar-refractivity contribution in [1.29, 1.82) is 0 Å². The number of halogens is 1. The maximum absolute atomic E-state index is 13.3. The number of amides is 1. The van der Waals surface area contributed by atoms with Gasteiger partial charge in [-0.1, -0.05) is 12.1 Å². The van der Waals surface area contributed by atoms with Crippen LogP contribution in [0, 0.1) is 11.7 Å². The molecule has 0 radical (unpaired) electrons. The Balaban J connectivity index is 1.45. The minimum atomic E-state index is -0.178. The molecule has 0 spiro atoms. The third kappa shape index (κ3) is 5.29. The Morgan fingerprint density at radius 3 is 2.64 bits per heavy atom. The zero-order valence-electron chi connectivity index (χ0n) is 16.6. The van der Waals surface area contributed by atoms with Crippen molar-refractivity contribution in [3.8, 4) is 0 Å². The second-order valence-electron chi connectivity index (χ2n) is 7.72. The molecule has 2 aromatic rings. The average molecular weight is 385 g/mol. The predicted octanol–water partition coefficient (Wildman–Crippen LogP) is 2.55. The summed E-state index contributed by atoms with van der Waals surface area (Å²) in [5.74, 6) is 0.249. The number of hydrogen-bond donors (Lipinski definition) is 0. The summed E-state index contributed by atoms with van der Waals surface area (Å²) in [7, 11) is 3.47. The average Bonchev–Trinajstić information content (AvgIpc) is 2.69. The van der Waals surface area contributed by atoms with Gasteiger partial charge < -0.3 is 14.4 Å². The minimum absolute atomic E-state index is 0.0517. The van der Waals surface area contributed by atoms with Gasteiger partial charge in [-0.3, -0.25) is 9.59 Å². The molecule has 0 bridgehead atoms. The first-order chi connectivity index (χ1) is 13.4. The molecule has 0 saturated carbocycles. The monoisotopic (exact) mass is 385 g/mol. The van der Waals surface area contributed by atoms with Crippen LogP contribution < -0.4 is 5.56 Å². The standard InChI is InChI=1S/C22H28FN3O2/c1-24-16-19(6-7-21(24)27)22(28)25(2)15-18-9-12-26(13-10-18)11-8-17-4-3-5-20(23)14-17/h3-7,14,16,18H,8-13,15H2,1-2H3. The van der Waals surface area contributed by atoms with Crippen molar-refractivity contribution in [3.63, 3.8) is 0 Å². The molecule has 1 aliphatic heterocycles. The molecule has 1 aromatic heterocycles. The Labute approximate surface area is 165 Å². The number of pyridine rings is 1. The quantitative estimate of drug-likeness (QED) is 0.768. The molecule has 0 unspecified atom stereocenters. The van der Waals surface area contributed by atoms with Crippen LogP contribution in [0.4, 0.5) is 4.39 Å². The highest BCUT2D eigenvalue weighted by Crippen LogP contribution is 2.19. The second-order valence-corrected chi connectivity index (χ2v) is 7.72. The molecule has 5 nitrogen and oxygen atoms in total. The van der Waals surface area contributed by atoms with Gasteiger partial charge in [-0.15, -0.1) is 0 Å². The van der Waals surface area contributed by atoms with E-state index < -0.39 is 0 Å². The lowest BCUT2D eigenvalue weighted by Crippen LogP contribution is -2.40. The number of nitrogens with zero attached hydrogens (tertiary/aromatic N) is 3. The van der Waals surface area contributed by atoms with E-state index in [9.17, 15) is 14.0 Å². The van der Waals surface area contributed by atoms with E-state index in [0.29, 0.717) is 11.5 Å². The predicted molar refractivity (Wildman–Crippen MR) is 108 cm³/mol. The van der Waals surface area contributed by atoms with E-state index in [2.05, 4.69) is 4.90 Å². The molecule has 3 rings (SSSR count). The normalized spacial score (nSPS) is 15.5. The van der Waals surface area contributed by atoms with Crippen molar-refractivity contribution >= 4 is 5.91 Å². The third-order valence-corrected chi connectivity index (χ3v) is 5.52. The number of hydrogen-bond acceptors (Lipinski definition) is 3. The second kappa shape index (κ2) is 9.15. The van der Waals surface area contributed by atoms with Crippen LogP contribution in [-0.4, -0.2) is 53.5 Å². The van der Waals surface area contributed by atoms with Gasteiger partial charge in [0, 0.05) is 39.4 Å². The van der Waals surface area contributed by atoms with Gasteiger partial charge in [0.1, 0.15) is 5.82 Å². The molecule has 1 fully saturated rings. The van der Waals surface area contributed by atoms with Crippen molar-refractivity contribution in [1.82, 2.24) is 14.4 Å². The van der Waals surface area contributed by atoms with Crippen LogP contribution in [0.15, 0.2) is 47.4 Å². The molecular formula is C22H28FN3O2. The number of aryl methyl sites for hydroxylation is 1. The van der Waals surface area contributed by atoms with Crippen LogP contribution in [0.25, 0.3) is 0 Å². The molecule has 0 atom stereocenters. The van der Waals surface area contributed by atoms with E-state index in [1.165, 1.54) is 16.7 Å². The fourth-order valence-electron chi connectivity index (χ4n) is 3.78. The van der Waals surface area contributed by atoms with Gasteiger partial charge >= 0.3 is 0 Å². The molecule has 28 heavy (non-hydrogen) atoms. The lowest BCUT2D eigenvalue weighted by Gasteiger charge is -2.34. The van der Waals surface area contributed by atoms with E-state index in [1.807, 2.05) is 13.1 Å². The molecule has 1 amide bonds. The topological polar surface area (TPSA) is 45.6 Å². The summed E-state index contributed by atoms with van der Waals surface area (Å²) in [6, 6.07) is 9.83. The maximum Gasteiger partial charge on any atom is 0.255 e. The van der Waals surface area contributed by atoms with E-state index in [-0.39, 0.29) is 17.3 Å². The Kier molecular flexibility index (Phi) is 6.62. The number of aromatic nitrogens is 1. The molecule has 1 aromatic carbocycles. The lowest BCUT2D eigenvalue weighted by molar-refractivity contribution is 0.0739. The van der Waals surface area contributed by atoms with Crippen LogP contribution >= 0.6 is 0 Å². The fraction of sp³-hybridized carbons (Fsp3) is 0.455. The summed E-state index contributed by atoms with van der Waals surface area (Å²) in [5, 5.41) is 0. The zero-order valence-corrected chi connectivity index (χ0v) is 16.6. The number of piperidine rings is 1. The van der Waals surface area contributed by atoms with Gasteiger partial charge in [-0.2, -0.15) is 0 Å². The summed E-state index contributed by atoms with van der Waals surface area (Å²) in [4.78, 5) is 28.3. The molecule has 6 heteroatoms. The Hall–Kier alpha value is -2.47. The van der Waals surface area contributed by atoms with Crippen molar-refractivity contribution in [2.75, 3.05) is 33.2 Å². The first-order valence-electron chi connectivity index (χ1n) is 9.81. The largest absolute Gasteiger partial charge is 0.341 e. The van der Waals surface area contributed by atoms with Crippen molar-refractivity contribution in [2.45, 2.75) is 19.3 Å². The molecule has 1 saturated heterocycles. The van der Waals surface area contributed by atoms with Gasteiger partial charge in [0.15, 0.2) is 0 Å². The SMILES string of the molecule is CN(CC1CCN(CCc2cccc(F)c2)CC1)C(=O)c1ccc(=O)n(C)c1. The van der Waals surface area contributed by atoms with Crippen molar-refractivity contribution in [2.24, 2.45) is 13.0 Å². The van der Waals surface area contributed by atoms with E-state index >= 15 is 0 Å². The van der Waals surface area contributed by atoms with Crippen molar-refractivity contribution < 1.29 is 9.18 Å². The molecule has 0 N–H and O–H groups in total. The summed E-state index contributed by atoms with van der Waals surface area (Å²) in [5.41, 5.74) is 1.45. The fourth-order valence-corrected chi connectivity index (χ4v) is 3.78. The summed E-state index contributed by atoms with van der Waals surface area (Å²) in [6.07, 6.45) is 4.55. The highest BCUT2D eigenvalue weighted by atomic mass is 19.1. The van der Waals surface area contributed by atoms with Crippen LogP contribution in [-0.2, 0) is 13.5 Å². The van der Waals surface area contributed by atoms with Crippen molar-refractivity contribution in [3.05, 3.63) is 69.9 Å². The number of carbonyl (C=O) groups excluding carboxylic acids is 1. The Bertz CT molecular complexity index is 872. The molecule has 0 aliphatic carbocycles. The van der Waals surface area contributed by atoms with E-state index in [4.69, 9.17) is 0 Å². The molecule has 150 valence electrons. The molecule has 1 aliphatic rings. The first kappa shape index (κ1) is 20.3. The number of likely N-dealkylation sites (tertiary alicyclic amines) is 1. The number of carbonyl (C=O) groups is 1. The van der Waals surface area contributed by atoms with Crippen LogP contribution in [0.3, 0.4) is 0 Å². The first-order valence-corrected chi connectivity index (χ1v) is 9.81. The third-order valence-electron chi connectivity index (χ3n) is 5.52. The Morgan fingerprint density at radius 1 is 1.21 bits per heavy atom. The van der Waals surface area contributed by atoms with Crippen LogP contribution in [0.2, 0.25) is 0 Å². The van der Waals surface area contributed by atoms with Gasteiger partial charge in [-0.25, -0.2) is 4.39 Å². The number of rotatable bonds is 6. The van der Waals surface area contributed by atoms with Gasteiger partial charge in [0.05, 0.1) is 5.56 Å². The molecular weight excluding hydrogens is 357 g/mol.